The molecule has 0 spiro atoms. The van der Waals surface area contributed by atoms with Crippen molar-refractivity contribution in [3.05, 3.63) is 95.1 Å². The number of nitrogens with zero attached hydrogens (tertiary/aromatic N) is 1. The van der Waals surface area contributed by atoms with E-state index in [9.17, 15) is 14.4 Å². The third kappa shape index (κ3) is 4.73. The van der Waals surface area contributed by atoms with E-state index in [0.717, 1.165) is 27.7 Å². The Morgan fingerprint density at radius 2 is 1.71 bits per heavy atom. The van der Waals surface area contributed by atoms with Crippen molar-refractivity contribution in [2.24, 2.45) is 0 Å². The molecule has 35 heavy (non-hydrogen) atoms. The van der Waals surface area contributed by atoms with Crippen LogP contribution in [0.3, 0.4) is 0 Å². The van der Waals surface area contributed by atoms with Gasteiger partial charge >= 0.3 is 7.60 Å². The fourth-order valence-electron chi connectivity index (χ4n) is 4.47. The van der Waals surface area contributed by atoms with Crippen molar-refractivity contribution >= 4 is 29.5 Å². The Morgan fingerprint density at radius 3 is 2.43 bits per heavy atom. The number of rotatable bonds is 7. The summed E-state index contributed by atoms with van der Waals surface area (Å²) in [5.41, 5.74) is 5.34. The third-order valence-corrected chi connectivity index (χ3v) is 6.91. The quantitative estimate of drug-likeness (QED) is 0.246. The van der Waals surface area contributed by atoms with Crippen LogP contribution in [0.1, 0.15) is 29.2 Å². The zero-order valence-corrected chi connectivity index (χ0v) is 20.5. The van der Waals surface area contributed by atoms with Crippen LogP contribution in [0.15, 0.2) is 77.2 Å². The first-order valence-corrected chi connectivity index (χ1v) is 13.3. The molecule has 0 saturated carbocycles. The Kier molecular flexibility index (Phi) is 6.20. The first-order valence-electron chi connectivity index (χ1n) is 11.5. The highest BCUT2D eigenvalue weighted by atomic mass is 31.2. The second-order valence-corrected chi connectivity index (χ2v) is 10.3. The highest BCUT2D eigenvalue weighted by molar-refractivity contribution is 7.50. The van der Waals surface area contributed by atoms with Crippen molar-refractivity contribution in [2.75, 3.05) is 0 Å². The van der Waals surface area contributed by atoms with Crippen molar-refractivity contribution in [1.82, 2.24) is 4.98 Å². The summed E-state index contributed by atoms with van der Waals surface area (Å²) < 4.78 is 24.5. The minimum Gasteiger partial charge on any atom is -0.488 e. The van der Waals surface area contributed by atoms with Crippen molar-refractivity contribution < 1.29 is 23.5 Å². The molecule has 0 bridgehead atoms. The number of para-hydroxylation sites is 1. The van der Waals surface area contributed by atoms with Gasteiger partial charge < -0.3 is 18.9 Å². The number of fused-ring (bicyclic) bond motifs is 2. The van der Waals surface area contributed by atoms with Crippen LogP contribution < -0.4 is 4.74 Å². The van der Waals surface area contributed by atoms with Crippen LogP contribution in [0, 0.1) is 6.92 Å². The van der Waals surface area contributed by atoms with Gasteiger partial charge in [-0.25, -0.2) is 4.98 Å². The van der Waals surface area contributed by atoms with E-state index in [2.05, 4.69) is 0 Å². The van der Waals surface area contributed by atoms with Gasteiger partial charge in [-0.3, -0.25) is 4.57 Å². The number of ether oxygens (including phenoxy) is 1. The van der Waals surface area contributed by atoms with Crippen LogP contribution in [0.2, 0.25) is 0 Å². The van der Waals surface area contributed by atoms with Crippen LogP contribution in [-0.2, 0) is 23.8 Å². The molecule has 0 saturated heterocycles. The van der Waals surface area contributed by atoms with Gasteiger partial charge in [0.15, 0.2) is 5.76 Å². The normalized spacial score (nSPS) is 11.9. The summed E-state index contributed by atoms with van der Waals surface area (Å²) in [5.74, 6) is 1.14. The van der Waals surface area contributed by atoms with E-state index in [-0.39, 0.29) is 0 Å². The molecule has 7 heteroatoms. The van der Waals surface area contributed by atoms with Crippen molar-refractivity contribution in [2.45, 2.75) is 33.0 Å². The lowest BCUT2D eigenvalue weighted by molar-refractivity contribution is 0.310. The molecule has 5 aromatic rings. The molecule has 0 fully saturated rings. The van der Waals surface area contributed by atoms with Gasteiger partial charge in [-0.05, 0) is 48.2 Å². The highest BCUT2D eigenvalue weighted by Crippen LogP contribution is 2.45. The number of benzene rings is 3. The van der Waals surface area contributed by atoms with Gasteiger partial charge in [-0.2, -0.15) is 0 Å². The Hall–Kier alpha value is -3.44. The molecule has 6 nitrogen and oxygen atoms in total. The second-order valence-electron chi connectivity index (χ2n) is 8.62. The van der Waals surface area contributed by atoms with Gasteiger partial charge in [-0.15, -0.1) is 0 Å². The van der Waals surface area contributed by atoms with Crippen LogP contribution in [0.5, 0.6) is 5.75 Å². The SMILES string of the molecule is CCc1ccc(OCc2ccccc2)c2c(CP(=O)(O)O)cc(-c3oc4ccccc4c3C)nc12. The number of hydrogen-bond acceptors (Lipinski definition) is 4. The first-order chi connectivity index (χ1) is 16.8. The van der Waals surface area contributed by atoms with Crippen LogP contribution in [0.4, 0.5) is 0 Å². The number of pyridine rings is 1. The molecule has 2 N–H and O–H groups in total. The van der Waals surface area contributed by atoms with Gasteiger partial charge in [-0.1, -0.05) is 61.5 Å². The summed E-state index contributed by atoms with van der Waals surface area (Å²) >= 11 is 0. The summed E-state index contributed by atoms with van der Waals surface area (Å²) in [6.07, 6.45) is 0.285. The maximum absolute atomic E-state index is 12.2. The van der Waals surface area contributed by atoms with Gasteiger partial charge in [0.05, 0.1) is 11.7 Å². The van der Waals surface area contributed by atoms with E-state index in [1.54, 1.807) is 6.07 Å². The average molecular weight is 487 g/mol. The standard InChI is InChI=1S/C28H26NO5P/c1-3-20-13-14-25(33-16-19-9-5-4-6-10-19)26-21(17-35(30,31)32)15-23(29-27(20)26)28-18(2)22-11-7-8-12-24(22)34-28/h4-15H,3,16-17H2,1-2H3,(H2,30,31,32). The second kappa shape index (κ2) is 9.31. The van der Waals surface area contributed by atoms with Gasteiger partial charge in [0, 0.05) is 16.3 Å². The molecular formula is C28H26NO5P. The van der Waals surface area contributed by atoms with Crippen LogP contribution in [0.25, 0.3) is 33.3 Å². The van der Waals surface area contributed by atoms with Gasteiger partial charge in [0.1, 0.15) is 23.6 Å². The molecule has 0 aliphatic heterocycles. The lowest BCUT2D eigenvalue weighted by atomic mass is 10.0. The predicted octanol–water partition coefficient (Wildman–Crippen LogP) is 6.78. The maximum Gasteiger partial charge on any atom is 0.329 e. The summed E-state index contributed by atoms with van der Waals surface area (Å²) in [7, 11) is -4.38. The zero-order valence-electron chi connectivity index (χ0n) is 19.6. The van der Waals surface area contributed by atoms with Gasteiger partial charge in [0.2, 0.25) is 0 Å². The molecule has 2 heterocycles. The lowest BCUT2D eigenvalue weighted by Crippen LogP contribution is -2.02. The number of furan rings is 1. The van der Waals surface area contributed by atoms with Crippen LogP contribution in [-0.4, -0.2) is 14.8 Å². The van der Waals surface area contributed by atoms with E-state index < -0.39 is 13.8 Å². The van der Waals surface area contributed by atoms with Crippen molar-refractivity contribution in [3.8, 4) is 17.2 Å². The fourth-order valence-corrected chi connectivity index (χ4v) is 5.16. The van der Waals surface area contributed by atoms with Gasteiger partial charge in [0.25, 0.3) is 0 Å². The van der Waals surface area contributed by atoms with E-state index in [0.29, 0.717) is 46.7 Å². The molecule has 0 unspecified atom stereocenters. The largest absolute Gasteiger partial charge is 0.488 e. The molecular weight excluding hydrogens is 461 g/mol. The maximum atomic E-state index is 12.2. The fraction of sp³-hybridized carbons (Fsp3) is 0.179. The molecule has 5 rings (SSSR count). The third-order valence-electron chi connectivity index (χ3n) is 6.16. The van der Waals surface area contributed by atoms with Crippen LogP contribution >= 0.6 is 7.60 Å². The van der Waals surface area contributed by atoms with E-state index in [1.807, 2.05) is 80.6 Å². The van der Waals surface area contributed by atoms with E-state index in [4.69, 9.17) is 14.1 Å². The minimum absolute atomic E-state index is 0.335. The molecule has 0 radical (unpaired) electrons. The monoisotopic (exact) mass is 487 g/mol. The molecule has 2 aromatic heterocycles. The number of aryl methyl sites for hydroxylation is 2. The topological polar surface area (TPSA) is 92.8 Å². The average Bonchev–Trinajstić information content (AvgIpc) is 3.18. The lowest BCUT2D eigenvalue weighted by Gasteiger charge is -2.17. The number of hydrogen-bond donors (Lipinski definition) is 2. The Morgan fingerprint density at radius 1 is 0.971 bits per heavy atom. The molecule has 0 atom stereocenters. The van der Waals surface area contributed by atoms with Crippen molar-refractivity contribution in [3.63, 3.8) is 0 Å². The summed E-state index contributed by atoms with van der Waals surface area (Å²) in [6.45, 7) is 4.33. The molecule has 0 aliphatic carbocycles. The summed E-state index contributed by atoms with van der Waals surface area (Å²) in [4.78, 5) is 24.8. The Bertz CT molecular complexity index is 1570. The zero-order chi connectivity index (χ0) is 24.6. The first kappa shape index (κ1) is 23.3. The molecule has 0 aliphatic rings. The molecule has 3 aromatic carbocycles. The Balaban J connectivity index is 1.72. The molecule has 178 valence electrons. The molecule has 0 amide bonds. The minimum atomic E-state index is -4.38. The smallest absolute Gasteiger partial charge is 0.329 e. The summed E-state index contributed by atoms with van der Waals surface area (Å²) in [6, 6.07) is 23.1. The predicted molar refractivity (Wildman–Crippen MR) is 138 cm³/mol. The number of aromatic nitrogens is 1. The van der Waals surface area contributed by atoms with E-state index >= 15 is 0 Å². The highest BCUT2D eigenvalue weighted by Gasteiger charge is 2.23. The summed E-state index contributed by atoms with van der Waals surface area (Å²) in [5, 5.41) is 1.61. The van der Waals surface area contributed by atoms with Crippen molar-refractivity contribution in [1.29, 1.82) is 0 Å². The van der Waals surface area contributed by atoms with E-state index in [1.165, 1.54) is 0 Å². The Labute approximate surface area is 203 Å².